The topological polar surface area (TPSA) is 76.4 Å². The molecule has 118 valence electrons. The molecule has 0 atom stereocenters. The third kappa shape index (κ3) is 4.41. The first-order chi connectivity index (χ1) is 10.6. The number of benzene rings is 1. The van der Waals surface area contributed by atoms with Gasteiger partial charge in [0.1, 0.15) is 6.26 Å². The van der Waals surface area contributed by atoms with E-state index in [1.165, 1.54) is 0 Å². The second-order valence-electron chi connectivity index (χ2n) is 5.04. The van der Waals surface area contributed by atoms with Crippen LogP contribution in [-0.2, 0) is 9.53 Å². The largest absolute Gasteiger partial charge is 0.444 e. The number of ether oxygens (including phenoxy) is 1. The number of nitrogens with zero attached hydrogens (tertiary/aromatic N) is 1. The lowest BCUT2D eigenvalue weighted by Gasteiger charge is -2.09. The van der Waals surface area contributed by atoms with Crippen LogP contribution in [0.4, 0.5) is 5.69 Å². The Morgan fingerprint density at radius 3 is 2.86 bits per heavy atom. The van der Waals surface area contributed by atoms with Crippen LogP contribution in [0.5, 0.6) is 0 Å². The number of hydrogen-bond donors (Lipinski definition) is 2. The molecule has 2 rings (SSSR count). The van der Waals surface area contributed by atoms with Gasteiger partial charge in [0.2, 0.25) is 11.8 Å². The normalized spacial score (nSPS) is 10.7. The van der Waals surface area contributed by atoms with Gasteiger partial charge in [0.05, 0.1) is 18.8 Å². The van der Waals surface area contributed by atoms with Crippen molar-refractivity contribution in [3.8, 4) is 11.5 Å². The van der Waals surface area contributed by atoms with Gasteiger partial charge in [0.15, 0.2) is 0 Å². The molecule has 1 aromatic carbocycles. The molecule has 0 unspecified atom stereocenters. The van der Waals surface area contributed by atoms with Crippen molar-refractivity contribution in [2.45, 2.75) is 13.8 Å². The highest BCUT2D eigenvalue weighted by Crippen LogP contribution is 2.25. The lowest BCUT2D eigenvalue weighted by Crippen LogP contribution is -2.30. The zero-order valence-electron chi connectivity index (χ0n) is 13.1. The fraction of sp³-hybridized carbons (Fsp3) is 0.375. The van der Waals surface area contributed by atoms with E-state index in [4.69, 9.17) is 9.15 Å². The van der Waals surface area contributed by atoms with E-state index in [1.807, 2.05) is 32.0 Å². The Hall–Kier alpha value is -2.18. The maximum atomic E-state index is 11.9. The summed E-state index contributed by atoms with van der Waals surface area (Å²) in [6.45, 7) is 5.31. The first-order valence-corrected chi connectivity index (χ1v) is 7.13. The van der Waals surface area contributed by atoms with E-state index in [0.717, 1.165) is 22.5 Å². The van der Waals surface area contributed by atoms with Gasteiger partial charge in [-0.3, -0.25) is 4.79 Å². The van der Waals surface area contributed by atoms with Crippen molar-refractivity contribution in [2.24, 2.45) is 0 Å². The summed E-state index contributed by atoms with van der Waals surface area (Å²) in [4.78, 5) is 16.2. The van der Waals surface area contributed by atoms with E-state index in [2.05, 4.69) is 15.6 Å². The van der Waals surface area contributed by atoms with E-state index in [-0.39, 0.29) is 12.5 Å². The van der Waals surface area contributed by atoms with E-state index >= 15 is 0 Å². The predicted octanol–water partition coefficient (Wildman–Crippen LogP) is 2.13. The van der Waals surface area contributed by atoms with Gasteiger partial charge in [0.25, 0.3) is 0 Å². The monoisotopic (exact) mass is 303 g/mol. The summed E-state index contributed by atoms with van der Waals surface area (Å²) in [6, 6.07) is 5.66. The Morgan fingerprint density at radius 1 is 1.36 bits per heavy atom. The molecular weight excluding hydrogens is 282 g/mol. The summed E-state index contributed by atoms with van der Waals surface area (Å²) in [7, 11) is 1.62. The number of amides is 1. The predicted molar refractivity (Wildman–Crippen MR) is 84.8 cm³/mol. The van der Waals surface area contributed by atoms with Gasteiger partial charge in [0, 0.05) is 24.9 Å². The van der Waals surface area contributed by atoms with Crippen LogP contribution in [0.15, 0.2) is 28.9 Å². The highest BCUT2D eigenvalue weighted by atomic mass is 16.5. The van der Waals surface area contributed by atoms with Gasteiger partial charge in [-0.15, -0.1) is 0 Å². The molecule has 0 saturated heterocycles. The number of anilines is 1. The number of rotatable bonds is 7. The first kappa shape index (κ1) is 16.2. The number of nitrogens with one attached hydrogen (secondary N) is 2. The third-order valence-electron chi connectivity index (χ3n) is 3.14. The average Bonchev–Trinajstić information content (AvgIpc) is 2.92. The van der Waals surface area contributed by atoms with Crippen LogP contribution in [-0.4, -0.2) is 37.7 Å². The Morgan fingerprint density at radius 2 is 2.18 bits per heavy atom. The van der Waals surface area contributed by atoms with Crippen LogP contribution in [0.3, 0.4) is 0 Å². The number of carbonyl (C=O) groups excluding carboxylic acids is 1. The Bertz CT molecular complexity index is 637. The zero-order valence-corrected chi connectivity index (χ0v) is 13.1. The van der Waals surface area contributed by atoms with Gasteiger partial charge in [-0.25, -0.2) is 4.98 Å². The van der Waals surface area contributed by atoms with E-state index in [1.54, 1.807) is 13.4 Å². The van der Waals surface area contributed by atoms with Crippen molar-refractivity contribution in [3.63, 3.8) is 0 Å². The van der Waals surface area contributed by atoms with Gasteiger partial charge in [-0.1, -0.05) is 6.07 Å². The third-order valence-corrected chi connectivity index (χ3v) is 3.14. The first-order valence-electron chi connectivity index (χ1n) is 7.13. The van der Waals surface area contributed by atoms with Crippen molar-refractivity contribution in [1.82, 2.24) is 10.3 Å². The molecule has 2 N–H and O–H groups in total. The fourth-order valence-electron chi connectivity index (χ4n) is 1.99. The van der Waals surface area contributed by atoms with Crippen molar-refractivity contribution in [3.05, 3.63) is 35.7 Å². The SMILES string of the molecule is COCCNCC(=O)Nc1ccc(C)c(-c2nc(C)co2)c1. The molecule has 0 saturated carbocycles. The molecule has 0 aliphatic rings. The van der Waals surface area contributed by atoms with Gasteiger partial charge in [-0.05, 0) is 31.5 Å². The molecule has 6 heteroatoms. The summed E-state index contributed by atoms with van der Waals surface area (Å²) in [5, 5.41) is 5.85. The standard InChI is InChI=1S/C16H21N3O3/c1-11-4-5-13(19-15(20)9-17-6-7-21-3)8-14(11)16-18-12(2)10-22-16/h4-5,8,10,17H,6-7,9H2,1-3H3,(H,19,20). The molecule has 1 heterocycles. The van der Waals surface area contributed by atoms with Crippen molar-refractivity contribution < 1.29 is 13.9 Å². The number of aryl methyl sites for hydroxylation is 2. The van der Waals surface area contributed by atoms with Crippen LogP contribution < -0.4 is 10.6 Å². The van der Waals surface area contributed by atoms with Crippen molar-refractivity contribution >= 4 is 11.6 Å². The molecule has 0 fully saturated rings. The molecule has 0 aliphatic carbocycles. The average molecular weight is 303 g/mol. The molecule has 0 spiro atoms. The molecule has 1 amide bonds. The smallest absolute Gasteiger partial charge is 0.238 e. The summed E-state index contributed by atoms with van der Waals surface area (Å²) in [5.41, 5.74) is 3.46. The molecule has 22 heavy (non-hydrogen) atoms. The maximum Gasteiger partial charge on any atom is 0.238 e. The molecule has 6 nitrogen and oxygen atoms in total. The molecular formula is C16H21N3O3. The second-order valence-corrected chi connectivity index (χ2v) is 5.04. The van der Waals surface area contributed by atoms with Crippen LogP contribution in [0, 0.1) is 13.8 Å². The molecule has 1 aromatic heterocycles. The fourth-order valence-corrected chi connectivity index (χ4v) is 1.99. The number of carbonyl (C=O) groups is 1. The van der Waals surface area contributed by atoms with Crippen molar-refractivity contribution in [2.75, 3.05) is 32.1 Å². The summed E-state index contributed by atoms with van der Waals surface area (Å²) in [6.07, 6.45) is 1.61. The second kappa shape index (κ2) is 7.72. The Labute approximate surface area is 129 Å². The molecule has 0 radical (unpaired) electrons. The number of hydrogen-bond acceptors (Lipinski definition) is 5. The summed E-state index contributed by atoms with van der Waals surface area (Å²) >= 11 is 0. The minimum atomic E-state index is -0.102. The maximum absolute atomic E-state index is 11.9. The van der Waals surface area contributed by atoms with Gasteiger partial charge < -0.3 is 19.8 Å². The van der Waals surface area contributed by atoms with Crippen molar-refractivity contribution in [1.29, 1.82) is 0 Å². The van der Waals surface area contributed by atoms with E-state index in [0.29, 0.717) is 19.0 Å². The number of oxazole rings is 1. The van der Waals surface area contributed by atoms with Crippen LogP contribution in [0.1, 0.15) is 11.3 Å². The van der Waals surface area contributed by atoms with E-state index < -0.39 is 0 Å². The summed E-state index contributed by atoms with van der Waals surface area (Å²) in [5.74, 6) is 0.457. The molecule has 0 bridgehead atoms. The lowest BCUT2D eigenvalue weighted by molar-refractivity contribution is -0.115. The van der Waals surface area contributed by atoms with Gasteiger partial charge >= 0.3 is 0 Å². The molecule has 2 aromatic rings. The lowest BCUT2D eigenvalue weighted by atomic mass is 10.1. The molecule has 0 aliphatic heterocycles. The number of aromatic nitrogens is 1. The minimum Gasteiger partial charge on any atom is -0.444 e. The van der Waals surface area contributed by atoms with Crippen LogP contribution in [0.2, 0.25) is 0 Å². The quantitative estimate of drug-likeness (QED) is 0.766. The highest BCUT2D eigenvalue weighted by molar-refractivity contribution is 5.92. The van der Waals surface area contributed by atoms with E-state index in [9.17, 15) is 4.79 Å². The Kier molecular flexibility index (Phi) is 5.68. The van der Waals surface area contributed by atoms with Gasteiger partial charge in [-0.2, -0.15) is 0 Å². The summed E-state index contributed by atoms with van der Waals surface area (Å²) < 4.78 is 10.3. The minimum absolute atomic E-state index is 0.102. The zero-order chi connectivity index (χ0) is 15.9. The van der Waals surface area contributed by atoms with Crippen LogP contribution >= 0.6 is 0 Å². The highest BCUT2D eigenvalue weighted by Gasteiger charge is 2.10. The van der Waals surface area contributed by atoms with Crippen LogP contribution in [0.25, 0.3) is 11.5 Å². The Balaban J connectivity index is 2.02. The number of methoxy groups -OCH3 is 1.